The molecule has 0 aliphatic carbocycles. The molecular formula is C4H7N3. The van der Waals surface area contributed by atoms with Gasteiger partial charge in [-0.05, 0) is 6.08 Å². The first kappa shape index (κ1) is 4.33. The molecule has 0 aromatic carbocycles. The highest BCUT2D eigenvalue weighted by molar-refractivity contribution is 5.71. The van der Waals surface area contributed by atoms with Gasteiger partial charge in [0.15, 0.2) is 0 Å². The van der Waals surface area contributed by atoms with Crippen molar-refractivity contribution < 1.29 is 0 Å². The highest BCUT2D eigenvalue weighted by Gasteiger charge is 1.87. The Morgan fingerprint density at radius 2 is 2.57 bits per heavy atom. The molecule has 0 bridgehead atoms. The van der Waals surface area contributed by atoms with Gasteiger partial charge in [-0.1, -0.05) is 6.08 Å². The second-order valence-electron chi connectivity index (χ2n) is 1.31. The summed E-state index contributed by atoms with van der Waals surface area (Å²) in [5, 5.41) is 5.10. The fraction of sp³-hybridized carbons (Fsp3) is 0.250. The lowest BCUT2D eigenvalue weighted by molar-refractivity contribution is 0.333. The Hall–Kier alpha value is -0.830. The maximum Gasteiger partial charge on any atom is 0.0715 e. The molecule has 1 heterocycles. The van der Waals surface area contributed by atoms with E-state index in [2.05, 4.69) is 5.10 Å². The van der Waals surface area contributed by atoms with Gasteiger partial charge in [0.05, 0.1) is 6.54 Å². The molecule has 1 aliphatic heterocycles. The van der Waals surface area contributed by atoms with E-state index in [4.69, 9.17) is 5.84 Å². The van der Waals surface area contributed by atoms with Crippen LogP contribution in [0.1, 0.15) is 0 Å². The number of hydrogen-bond donors (Lipinski definition) is 1. The predicted molar refractivity (Wildman–Crippen MR) is 28.5 cm³/mol. The van der Waals surface area contributed by atoms with E-state index in [1.807, 2.05) is 12.2 Å². The van der Waals surface area contributed by atoms with Crippen LogP contribution in [0.5, 0.6) is 0 Å². The zero-order chi connectivity index (χ0) is 5.11. The zero-order valence-electron chi connectivity index (χ0n) is 3.91. The van der Waals surface area contributed by atoms with Gasteiger partial charge in [0, 0.05) is 6.21 Å². The van der Waals surface area contributed by atoms with E-state index in [1.165, 1.54) is 5.12 Å². The van der Waals surface area contributed by atoms with Gasteiger partial charge in [-0.2, -0.15) is 5.10 Å². The van der Waals surface area contributed by atoms with E-state index in [0.29, 0.717) is 0 Å². The summed E-state index contributed by atoms with van der Waals surface area (Å²) in [6, 6.07) is 0. The molecule has 38 valence electrons. The minimum atomic E-state index is 0.719. The standard InChI is InChI=1S/C4H7N3/c5-7-4-2-1-3-6-7/h1-3H,4-5H2. The maximum absolute atomic E-state index is 5.22. The molecular weight excluding hydrogens is 90.1 g/mol. The van der Waals surface area contributed by atoms with Crippen LogP contribution in [0.3, 0.4) is 0 Å². The minimum Gasteiger partial charge on any atom is -0.231 e. The van der Waals surface area contributed by atoms with Crippen LogP contribution < -0.4 is 5.84 Å². The largest absolute Gasteiger partial charge is 0.231 e. The van der Waals surface area contributed by atoms with Gasteiger partial charge in [-0.3, -0.25) is 0 Å². The van der Waals surface area contributed by atoms with Gasteiger partial charge in [-0.15, -0.1) is 0 Å². The lowest BCUT2D eigenvalue weighted by Crippen LogP contribution is -2.26. The summed E-state index contributed by atoms with van der Waals surface area (Å²) >= 11 is 0. The topological polar surface area (TPSA) is 41.6 Å². The molecule has 0 fully saturated rings. The first-order valence-electron chi connectivity index (χ1n) is 2.11. The summed E-state index contributed by atoms with van der Waals surface area (Å²) in [6.07, 6.45) is 5.46. The van der Waals surface area contributed by atoms with Crippen LogP contribution in [0.4, 0.5) is 0 Å². The summed E-state index contributed by atoms with van der Waals surface area (Å²) < 4.78 is 0. The highest BCUT2D eigenvalue weighted by atomic mass is 15.6. The number of hydrazine groups is 1. The Bertz CT molecular complexity index is 106. The normalized spacial score (nSPS) is 18.1. The summed E-state index contributed by atoms with van der Waals surface area (Å²) in [5.74, 6) is 5.22. The number of nitrogens with zero attached hydrogens (tertiary/aromatic N) is 2. The molecule has 3 nitrogen and oxygen atoms in total. The Morgan fingerprint density at radius 1 is 1.71 bits per heavy atom. The minimum absolute atomic E-state index is 0.719. The molecule has 0 spiro atoms. The molecule has 1 aliphatic rings. The van der Waals surface area contributed by atoms with Crippen molar-refractivity contribution in [2.24, 2.45) is 10.9 Å². The number of rotatable bonds is 0. The number of hydrogen-bond acceptors (Lipinski definition) is 3. The molecule has 0 aromatic rings. The van der Waals surface area contributed by atoms with E-state index >= 15 is 0 Å². The van der Waals surface area contributed by atoms with Crippen LogP contribution in [0, 0.1) is 0 Å². The molecule has 0 atom stereocenters. The molecule has 3 heteroatoms. The van der Waals surface area contributed by atoms with Gasteiger partial charge in [0.25, 0.3) is 0 Å². The smallest absolute Gasteiger partial charge is 0.0715 e. The number of nitrogens with two attached hydrogens (primary N) is 1. The maximum atomic E-state index is 5.22. The molecule has 1 rings (SSSR count). The number of allylic oxidation sites excluding steroid dienone is 1. The zero-order valence-corrected chi connectivity index (χ0v) is 3.91. The average Bonchev–Trinajstić information content (AvgIpc) is 1.69. The molecule has 0 radical (unpaired) electrons. The second kappa shape index (κ2) is 1.75. The lowest BCUT2D eigenvalue weighted by atomic mass is 10.5. The Morgan fingerprint density at radius 3 is 2.86 bits per heavy atom. The van der Waals surface area contributed by atoms with Gasteiger partial charge in [-0.25, -0.2) is 11.0 Å². The van der Waals surface area contributed by atoms with Gasteiger partial charge in [0.2, 0.25) is 0 Å². The lowest BCUT2D eigenvalue weighted by Gasteiger charge is -2.09. The monoisotopic (exact) mass is 97.1 g/mol. The highest BCUT2D eigenvalue weighted by Crippen LogP contribution is 1.84. The van der Waals surface area contributed by atoms with Crippen molar-refractivity contribution in [2.75, 3.05) is 6.54 Å². The van der Waals surface area contributed by atoms with Crippen LogP contribution in [0.2, 0.25) is 0 Å². The first-order valence-corrected chi connectivity index (χ1v) is 2.11. The van der Waals surface area contributed by atoms with E-state index < -0.39 is 0 Å². The van der Waals surface area contributed by atoms with Gasteiger partial charge >= 0.3 is 0 Å². The van der Waals surface area contributed by atoms with Crippen LogP contribution >= 0.6 is 0 Å². The molecule has 7 heavy (non-hydrogen) atoms. The third-order valence-electron chi connectivity index (χ3n) is 0.730. The van der Waals surface area contributed by atoms with Crippen molar-refractivity contribution in [1.29, 1.82) is 0 Å². The van der Waals surface area contributed by atoms with Crippen LogP contribution in [0.15, 0.2) is 17.3 Å². The first-order chi connectivity index (χ1) is 3.39. The van der Waals surface area contributed by atoms with Crippen molar-refractivity contribution >= 4 is 6.21 Å². The summed E-state index contributed by atoms with van der Waals surface area (Å²) in [6.45, 7) is 0.719. The molecule has 0 amide bonds. The fourth-order valence-corrected chi connectivity index (χ4v) is 0.401. The van der Waals surface area contributed by atoms with Crippen molar-refractivity contribution in [3.8, 4) is 0 Å². The average molecular weight is 97.1 g/mol. The quantitative estimate of drug-likeness (QED) is 0.422. The van der Waals surface area contributed by atoms with E-state index in [0.717, 1.165) is 6.54 Å². The third-order valence-corrected chi connectivity index (χ3v) is 0.730. The van der Waals surface area contributed by atoms with Crippen LogP contribution in [-0.2, 0) is 0 Å². The van der Waals surface area contributed by atoms with E-state index in [9.17, 15) is 0 Å². The van der Waals surface area contributed by atoms with E-state index in [-0.39, 0.29) is 0 Å². The Labute approximate surface area is 42.1 Å². The molecule has 0 saturated heterocycles. The Balaban J connectivity index is 2.49. The summed E-state index contributed by atoms with van der Waals surface area (Å²) in [4.78, 5) is 0. The van der Waals surface area contributed by atoms with Crippen molar-refractivity contribution in [1.82, 2.24) is 5.12 Å². The van der Waals surface area contributed by atoms with Gasteiger partial charge in [0.1, 0.15) is 0 Å². The van der Waals surface area contributed by atoms with Crippen LogP contribution in [-0.4, -0.2) is 17.9 Å². The molecule has 2 N–H and O–H groups in total. The van der Waals surface area contributed by atoms with Crippen molar-refractivity contribution in [3.63, 3.8) is 0 Å². The van der Waals surface area contributed by atoms with E-state index in [1.54, 1.807) is 6.21 Å². The molecule has 0 unspecified atom stereocenters. The molecule has 0 aromatic heterocycles. The van der Waals surface area contributed by atoms with Crippen molar-refractivity contribution in [3.05, 3.63) is 12.2 Å². The van der Waals surface area contributed by atoms with Gasteiger partial charge < -0.3 is 0 Å². The fourth-order valence-electron chi connectivity index (χ4n) is 0.401. The summed E-state index contributed by atoms with van der Waals surface area (Å²) in [7, 11) is 0. The summed E-state index contributed by atoms with van der Waals surface area (Å²) in [5.41, 5.74) is 0. The predicted octanol–water partition coefficient (Wildman–Crippen LogP) is -0.282. The second-order valence-corrected chi connectivity index (χ2v) is 1.31. The molecule has 0 saturated carbocycles. The Kier molecular flexibility index (Phi) is 1.08. The van der Waals surface area contributed by atoms with Crippen molar-refractivity contribution in [2.45, 2.75) is 0 Å². The third kappa shape index (κ3) is 1.01. The SMILES string of the molecule is NN1CC=CC=N1. The van der Waals surface area contributed by atoms with Crippen LogP contribution in [0.25, 0.3) is 0 Å². The number of hydrazone groups is 1.